The Balaban J connectivity index is 1.09. The second-order valence-electron chi connectivity index (χ2n) is 19.1. The zero-order chi connectivity index (χ0) is 46.8. The van der Waals surface area contributed by atoms with Crippen molar-refractivity contribution in [1.82, 2.24) is 0 Å². The van der Waals surface area contributed by atoms with Crippen molar-refractivity contribution < 1.29 is 33.7 Å². The molecule has 4 N–H and O–H groups in total. The fourth-order valence-electron chi connectivity index (χ4n) is 10.8. The van der Waals surface area contributed by atoms with Crippen molar-refractivity contribution >= 4 is 34.3 Å². The molecule has 6 aromatic rings. The molecule has 0 bridgehead atoms. The van der Waals surface area contributed by atoms with Crippen LogP contribution >= 0.6 is 0 Å². The predicted molar refractivity (Wildman–Crippen MR) is 264 cm³/mol. The Morgan fingerprint density at radius 3 is 1.40 bits per heavy atom. The van der Waals surface area contributed by atoms with E-state index in [1.54, 1.807) is 6.07 Å². The maximum absolute atomic E-state index is 15.2. The van der Waals surface area contributed by atoms with Crippen LogP contribution in [0.4, 0.5) is 27.1 Å². The van der Waals surface area contributed by atoms with Crippen molar-refractivity contribution in [1.29, 1.82) is 0 Å². The van der Waals surface area contributed by atoms with E-state index in [0.29, 0.717) is 34.7 Å². The van der Waals surface area contributed by atoms with Gasteiger partial charge in [0.1, 0.15) is 17.3 Å². The van der Waals surface area contributed by atoms with E-state index >= 15 is 9.59 Å². The summed E-state index contributed by atoms with van der Waals surface area (Å²) < 4.78 is 27.4. The molecular weight excluding hydrogens is 840 g/mol. The summed E-state index contributed by atoms with van der Waals surface area (Å²) in [7, 11) is 0. The zero-order valence-corrected chi connectivity index (χ0v) is 39.0. The number of ketones is 2. The van der Waals surface area contributed by atoms with Gasteiger partial charge in [-0.15, -0.1) is 0 Å². The van der Waals surface area contributed by atoms with Crippen molar-refractivity contribution in [3.05, 3.63) is 153 Å². The minimum Gasteiger partial charge on any atom is -0.504 e. The van der Waals surface area contributed by atoms with Crippen LogP contribution in [0.3, 0.4) is 0 Å². The smallest absolute Gasteiger partial charge is 0.200 e. The van der Waals surface area contributed by atoms with Gasteiger partial charge in [0, 0.05) is 23.5 Å². The summed E-state index contributed by atoms with van der Waals surface area (Å²) in [6.45, 7) is 8.47. The number of nitrogens with one attached hydrogen (secondary N) is 2. The Labute approximate surface area is 393 Å². The van der Waals surface area contributed by atoms with E-state index in [9.17, 15) is 14.6 Å². The van der Waals surface area contributed by atoms with Crippen LogP contribution in [-0.4, -0.2) is 21.8 Å². The molecule has 8 nitrogen and oxygen atoms in total. The predicted octanol–water partition coefficient (Wildman–Crippen LogP) is 15.8. The Bertz CT molecular complexity index is 2790. The molecule has 6 aromatic carbocycles. The van der Waals surface area contributed by atoms with Gasteiger partial charge >= 0.3 is 0 Å². The Morgan fingerprint density at radius 2 is 0.985 bits per heavy atom. The first-order chi connectivity index (χ1) is 32.5. The number of phenolic OH excluding ortho intramolecular Hbond substituents is 2. The lowest BCUT2D eigenvalue weighted by atomic mass is 9.77. The molecular formula is C58H61FN2O6. The molecule has 0 spiro atoms. The number of halogens is 1. The van der Waals surface area contributed by atoms with Crippen molar-refractivity contribution in [3.8, 4) is 34.5 Å². The molecule has 2 saturated carbocycles. The average molecular weight is 901 g/mol. The number of aryl methyl sites for hydroxylation is 2. The normalized spacial score (nSPS) is 19.1. The van der Waals surface area contributed by atoms with Crippen LogP contribution in [0.2, 0.25) is 0 Å². The molecule has 346 valence electrons. The summed E-state index contributed by atoms with van der Waals surface area (Å²) in [6, 6.07) is 30.1. The highest BCUT2D eigenvalue weighted by Crippen LogP contribution is 2.51. The van der Waals surface area contributed by atoms with E-state index < -0.39 is 28.9 Å². The van der Waals surface area contributed by atoms with Crippen LogP contribution in [0.25, 0.3) is 0 Å². The molecule has 0 aliphatic heterocycles. The molecule has 9 heteroatoms. The highest BCUT2D eigenvalue weighted by molar-refractivity contribution is 6.34. The van der Waals surface area contributed by atoms with Crippen molar-refractivity contribution in [2.75, 3.05) is 10.6 Å². The number of aromatic hydroxyl groups is 2. The van der Waals surface area contributed by atoms with Gasteiger partial charge in [0.05, 0.1) is 33.6 Å². The molecule has 9 rings (SSSR count). The summed E-state index contributed by atoms with van der Waals surface area (Å²) in [4.78, 5) is 30.3. The summed E-state index contributed by atoms with van der Waals surface area (Å²) >= 11 is 0. The molecule has 2 fully saturated rings. The maximum atomic E-state index is 15.2. The average Bonchev–Trinajstić information content (AvgIpc) is 3.32. The molecule has 0 unspecified atom stereocenters. The molecule has 3 aliphatic carbocycles. The van der Waals surface area contributed by atoms with Gasteiger partial charge in [-0.05, 0) is 166 Å². The fraction of sp³-hybridized carbons (Fsp3) is 0.345. The molecule has 0 radical (unpaired) electrons. The molecule has 0 amide bonds. The van der Waals surface area contributed by atoms with Gasteiger partial charge in [0.2, 0.25) is 11.6 Å². The van der Waals surface area contributed by atoms with Crippen LogP contribution in [0.1, 0.15) is 157 Å². The molecule has 0 aromatic heterocycles. The first-order valence-electron chi connectivity index (χ1n) is 24.3. The largest absolute Gasteiger partial charge is 0.504 e. The molecule has 3 aliphatic rings. The monoisotopic (exact) mass is 900 g/mol. The van der Waals surface area contributed by atoms with Gasteiger partial charge in [-0.25, -0.2) is 4.39 Å². The number of hydrogen-bond donors (Lipinski definition) is 4. The maximum Gasteiger partial charge on any atom is 0.200 e. The lowest BCUT2D eigenvalue weighted by Gasteiger charge is -2.29. The first-order valence-corrected chi connectivity index (χ1v) is 24.3. The van der Waals surface area contributed by atoms with Crippen molar-refractivity contribution in [2.45, 2.75) is 117 Å². The van der Waals surface area contributed by atoms with Crippen LogP contribution in [0.15, 0.2) is 103 Å². The lowest BCUT2D eigenvalue weighted by molar-refractivity contribution is 0.0974. The van der Waals surface area contributed by atoms with Crippen molar-refractivity contribution in [2.24, 2.45) is 11.8 Å². The summed E-state index contributed by atoms with van der Waals surface area (Å²) in [5.74, 6) is 0.209. The molecule has 67 heavy (non-hydrogen) atoms. The Hall–Kier alpha value is -6.61. The number of phenols is 2. The SMILES string of the molecule is CCCC1CCC(c2ccc(Oc3cc(Nc4cccc(F)c4)c4c(c3O)C(=O)c3c(Nc5ccc(C)c(C)c5)cc(Oc5ccc(C6CCC(CCC)CC6)cc5)c(O)c3C4=O)cc2)CC1. The third-order valence-electron chi connectivity index (χ3n) is 14.6. The van der Waals surface area contributed by atoms with E-state index in [2.05, 4.69) is 36.6 Å². The van der Waals surface area contributed by atoms with Gasteiger partial charge in [0.15, 0.2) is 23.0 Å². The van der Waals surface area contributed by atoms with Crippen LogP contribution in [-0.2, 0) is 0 Å². The highest BCUT2D eigenvalue weighted by atomic mass is 19.1. The van der Waals surface area contributed by atoms with Gasteiger partial charge in [-0.2, -0.15) is 0 Å². The summed E-state index contributed by atoms with van der Waals surface area (Å²) in [5.41, 5.74) is 4.78. The number of fused-ring (bicyclic) bond motifs is 2. The summed E-state index contributed by atoms with van der Waals surface area (Å²) in [5, 5.41) is 30.7. The fourth-order valence-corrected chi connectivity index (χ4v) is 10.8. The standard InChI is InChI=1S/C58H61FN2O6/c1-5-8-36-13-17-38(18-14-36)40-21-26-45(27-22-40)66-49-32-47(60-43-11-7-10-42(59)31-43)51-53(55(49)62)58(65)52-48(61-44-25-12-34(3)35(4)30-44)33-50(56(63)54(52)57(51)64)67-46-28-23-41(24-29-46)39-19-15-37(9-6-2)16-20-39/h7,10-12,21-33,36-39,60-63H,5-6,8-9,13-20H2,1-4H3. The number of benzene rings is 6. The number of carbonyl (C=O) groups is 2. The van der Waals surface area contributed by atoms with Crippen LogP contribution in [0.5, 0.6) is 34.5 Å². The zero-order valence-electron chi connectivity index (χ0n) is 39.0. The van der Waals surface area contributed by atoms with Gasteiger partial charge in [0.25, 0.3) is 0 Å². The Kier molecular flexibility index (Phi) is 13.4. The number of rotatable bonds is 14. The van der Waals surface area contributed by atoms with E-state index in [-0.39, 0.29) is 45.1 Å². The lowest BCUT2D eigenvalue weighted by Crippen LogP contribution is -2.24. The molecule has 0 atom stereocenters. The molecule has 0 saturated heterocycles. The topological polar surface area (TPSA) is 117 Å². The quantitative estimate of drug-likeness (QED) is 0.0798. The highest BCUT2D eigenvalue weighted by Gasteiger charge is 2.41. The third-order valence-corrected chi connectivity index (χ3v) is 14.6. The first kappa shape index (κ1) is 45.5. The van der Waals surface area contributed by atoms with Crippen molar-refractivity contribution in [3.63, 3.8) is 0 Å². The van der Waals surface area contributed by atoms with Gasteiger partial charge < -0.3 is 30.3 Å². The minimum atomic E-state index is -0.747. The van der Waals surface area contributed by atoms with Crippen LogP contribution in [0, 0.1) is 31.5 Å². The number of anilines is 4. The number of hydrogen-bond acceptors (Lipinski definition) is 8. The number of ether oxygens (including phenoxy) is 2. The van der Waals surface area contributed by atoms with Crippen LogP contribution < -0.4 is 20.1 Å². The second kappa shape index (κ2) is 19.7. The summed E-state index contributed by atoms with van der Waals surface area (Å²) in [6.07, 6.45) is 14.4. The van der Waals surface area contributed by atoms with E-state index in [1.807, 2.05) is 68.4 Å². The second-order valence-corrected chi connectivity index (χ2v) is 19.1. The van der Waals surface area contributed by atoms with Gasteiger partial charge in [-0.1, -0.05) is 75.9 Å². The molecule has 0 heterocycles. The third kappa shape index (κ3) is 9.65. The van der Waals surface area contributed by atoms with E-state index in [4.69, 9.17) is 9.47 Å². The number of carbonyl (C=O) groups excluding carboxylic acids is 2. The van der Waals surface area contributed by atoms with Gasteiger partial charge in [-0.3, -0.25) is 9.59 Å². The Morgan fingerprint density at radius 1 is 0.537 bits per heavy atom. The van der Waals surface area contributed by atoms with E-state index in [1.165, 1.54) is 92.8 Å². The van der Waals surface area contributed by atoms with E-state index in [0.717, 1.165) is 48.6 Å². The minimum absolute atomic E-state index is 0.0382.